The molecule has 0 aliphatic carbocycles. The third-order valence-corrected chi connectivity index (χ3v) is 5.39. The van der Waals surface area contributed by atoms with Crippen molar-refractivity contribution in [2.75, 3.05) is 25.6 Å². The van der Waals surface area contributed by atoms with Gasteiger partial charge in [0.25, 0.3) is 11.8 Å². The predicted octanol–water partition coefficient (Wildman–Crippen LogP) is 5.22. The van der Waals surface area contributed by atoms with Crippen molar-refractivity contribution >= 4 is 33.4 Å². The Bertz CT molecular complexity index is 1070. The Morgan fingerprint density at radius 1 is 0.906 bits per heavy atom. The molecule has 2 amide bonds. The summed E-state index contributed by atoms with van der Waals surface area (Å²) in [7, 11) is 1.61. The molecule has 32 heavy (non-hydrogen) atoms. The van der Waals surface area contributed by atoms with Gasteiger partial charge in [0.05, 0.1) is 17.1 Å². The van der Waals surface area contributed by atoms with Crippen molar-refractivity contribution in [3.63, 3.8) is 0 Å². The molecule has 6 nitrogen and oxygen atoms in total. The average Bonchev–Trinajstić information content (AvgIpc) is 2.81. The van der Waals surface area contributed by atoms with Crippen LogP contribution in [0.15, 0.2) is 77.3 Å². The summed E-state index contributed by atoms with van der Waals surface area (Å²) < 4.78 is 11.2. The Kier molecular flexibility index (Phi) is 8.41. The molecular weight excluding hydrogens is 472 g/mol. The molecule has 1 atom stereocenters. The minimum absolute atomic E-state index is 0.135. The van der Waals surface area contributed by atoms with Crippen molar-refractivity contribution in [1.29, 1.82) is 0 Å². The van der Waals surface area contributed by atoms with Gasteiger partial charge in [-0.3, -0.25) is 9.59 Å². The number of carbonyl (C=O) groups is 2. The van der Waals surface area contributed by atoms with Crippen LogP contribution < -0.4 is 15.4 Å². The fourth-order valence-corrected chi connectivity index (χ4v) is 3.53. The summed E-state index contributed by atoms with van der Waals surface area (Å²) in [4.78, 5) is 25.4. The lowest BCUT2D eigenvalue weighted by Gasteiger charge is -2.15. The first-order chi connectivity index (χ1) is 15.5. The van der Waals surface area contributed by atoms with Gasteiger partial charge in [-0.25, -0.2) is 0 Å². The maximum atomic E-state index is 12.7. The summed E-state index contributed by atoms with van der Waals surface area (Å²) in [5, 5.41) is 5.82. The number of ether oxygens (including phenoxy) is 2. The molecule has 3 aromatic rings. The highest BCUT2D eigenvalue weighted by Gasteiger charge is 2.14. The number of halogens is 1. The van der Waals surface area contributed by atoms with Crippen LogP contribution in [0.25, 0.3) is 0 Å². The minimum Gasteiger partial charge on any atom is -0.490 e. The van der Waals surface area contributed by atoms with E-state index in [0.29, 0.717) is 40.3 Å². The van der Waals surface area contributed by atoms with Crippen molar-refractivity contribution in [3.05, 3.63) is 94.0 Å². The summed E-state index contributed by atoms with van der Waals surface area (Å²) in [5.41, 5.74) is 2.48. The van der Waals surface area contributed by atoms with Gasteiger partial charge in [0.2, 0.25) is 0 Å². The van der Waals surface area contributed by atoms with Gasteiger partial charge in [0, 0.05) is 23.9 Å². The second kappa shape index (κ2) is 11.5. The van der Waals surface area contributed by atoms with Gasteiger partial charge in [-0.2, -0.15) is 0 Å². The van der Waals surface area contributed by atoms with Gasteiger partial charge in [-0.15, -0.1) is 0 Å². The van der Waals surface area contributed by atoms with Crippen LogP contribution in [0.4, 0.5) is 5.69 Å². The van der Waals surface area contributed by atoms with Gasteiger partial charge in [-0.05, 0) is 64.8 Å². The number of carbonyl (C=O) groups excluding carboxylic acids is 2. The second-order valence-electron chi connectivity index (χ2n) is 7.13. The Labute approximate surface area is 196 Å². The predicted molar refractivity (Wildman–Crippen MR) is 128 cm³/mol. The zero-order valence-corrected chi connectivity index (χ0v) is 19.5. The summed E-state index contributed by atoms with van der Waals surface area (Å²) in [6, 6.07) is 21.5. The highest BCUT2D eigenvalue weighted by molar-refractivity contribution is 9.10. The monoisotopic (exact) mass is 496 g/mol. The first-order valence-electron chi connectivity index (χ1n) is 10.2. The molecule has 0 radical (unpaired) electrons. The van der Waals surface area contributed by atoms with Crippen LogP contribution in [0.2, 0.25) is 0 Å². The van der Waals surface area contributed by atoms with E-state index >= 15 is 0 Å². The number of benzene rings is 3. The molecule has 0 heterocycles. The van der Waals surface area contributed by atoms with Crippen molar-refractivity contribution < 1.29 is 19.1 Å². The Hall–Kier alpha value is -3.16. The summed E-state index contributed by atoms with van der Waals surface area (Å²) in [5.74, 6) is 0.131. The Morgan fingerprint density at radius 3 is 2.38 bits per heavy atom. The van der Waals surface area contributed by atoms with E-state index in [4.69, 9.17) is 9.47 Å². The fraction of sp³-hybridized carbons (Fsp3) is 0.200. The molecule has 0 bridgehead atoms. The maximum absolute atomic E-state index is 12.7. The largest absolute Gasteiger partial charge is 0.490 e. The third kappa shape index (κ3) is 6.42. The molecule has 166 valence electrons. The molecule has 0 fully saturated rings. The lowest BCUT2D eigenvalue weighted by molar-refractivity contribution is 0.0938. The average molecular weight is 497 g/mol. The molecule has 7 heteroatoms. The van der Waals surface area contributed by atoms with Gasteiger partial charge < -0.3 is 20.1 Å². The van der Waals surface area contributed by atoms with E-state index in [1.165, 1.54) is 0 Å². The molecule has 0 aliphatic heterocycles. The van der Waals surface area contributed by atoms with Crippen molar-refractivity contribution in [2.24, 2.45) is 0 Å². The van der Waals surface area contributed by atoms with E-state index in [0.717, 1.165) is 5.56 Å². The van der Waals surface area contributed by atoms with Crippen molar-refractivity contribution in [2.45, 2.75) is 13.0 Å². The van der Waals surface area contributed by atoms with E-state index in [1.807, 2.05) is 37.3 Å². The van der Waals surface area contributed by atoms with Crippen LogP contribution in [-0.2, 0) is 4.74 Å². The molecular formula is C25H25BrN2O4. The van der Waals surface area contributed by atoms with Crippen molar-refractivity contribution in [3.8, 4) is 5.75 Å². The summed E-state index contributed by atoms with van der Waals surface area (Å²) >= 11 is 3.43. The quantitative estimate of drug-likeness (QED) is 0.398. The highest BCUT2D eigenvalue weighted by atomic mass is 79.9. The summed E-state index contributed by atoms with van der Waals surface area (Å²) in [6.07, 6.45) is 0. The number of anilines is 1. The molecule has 0 saturated heterocycles. The maximum Gasteiger partial charge on any atom is 0.255 e. The molecule has 0 saturated carbocycles. The van der Waals surface area contributed by atoms with E-state index in [9.17, 15) is 9.59 Å². The molecule has 0 spiro atoms. The molecule has 3 rings (SSSR count). The smallest absolute Gasteiger partial charge is 0.255 e. The highest BCUT2D eigenvalue weighted by Crippen LogP contribution is 2.26. The van der Waals surface area contributed by atoms with E-state index in [2.05, 4.69) is 26.6 Å². The van der Waals surface area contributed by atoms with Crippen LogP contribution in [0, 0.1) is 0 Å². The Morgan fingerprint density at radius 2 is 1.66 bits per heavy atom. The number of nitrogens with one attached hydrogen (secondary N) is 2. The van der Waals surface area contributed by atoms with E-state index < -0.39 is 0 Å². The zero-order chi connectivity index (χ0) is 22.9. The zero-order valence-electron chi connectivity index (χ0n) is 17.9. The van der Waals surface area contributed by atoms with Gasteiger partial charge in [-0.1, -0.05) is 36.4 Å². The number of amides is 2. The van der Waals surface area contributed by atoms with Gasteiger partial charge >= 0.3 is 0 Å². The number of methoxy groups -OCH3 is 1. The number of hydrogen-bond donors (Lipinski definition) is 2. The van der Waals surface area contributed by atoms with Gasteiger partial charge in [0.1, 0.15) is 12.4 Å². The van der Waals surface area contributed by atoms with Gasteiger partial charge in [0.15, 0.2) is 0 Å². The Balaban J connectivity index is 1.64. The lowest BCUT2D eigenvalue weighted by atomic mass is 10.1. The first kappa shape index (κ1) is 23.5. The van der Waals surface area contributed by atoms with E-state index in [1.54, 1.807) is 49.6 Å². The van der Waals surface area contributed by atoms with Crippen LogP contribution in [-0.4, -0.2) is 32.1 Å². The normalized spacial score (nSPS) is 11.5. The molecule has 3 aromatic carbocycles. The van der Waals surface area contributed by atoms with Crippen LogP contribution in [0.1, 0.15) is 39.2 Å². The number of hydrogen-bond acceptors (Lipinski definition) is 4. The lowest BCUT2D eigenvalue weighted by Crippen LogP contribution is -2.26. The van der Waals surface area contributed by atoms with Crippen LogP contribution in [0.3, 0.4) is 0 Å². The SMILES string of the molecule is COCCOc1ccc(C(=O)Nc2cccc(C(=O)NC(C)c3ccccc3)c2)cc1Br. The molecule has 2 N–H and O–H groups in total. The van der Waals surface area contributed by atoms with E-state index in [-0.39, 0.29) is 17.9 Å². The van der Waals surface area contributed by atoms with Crippen LogP contribution in [0.5, 0.6) is 5.75 Å². The first-order valence-corrected chi connectivity index (χ1v) is 11.0. The standard InChI is InChI=1S/C25H25BrN2O4/c1-17(18-7-4-3-5-8-18)27-24(29)19-9-6-10-21(15-19)28-25(30)20-11-12-23(22(26)16-20)32-14-13-31-2/h3-12,15-17H,13-14H2,1-2H3,(H,27,29)(H,28,30). The molecule has 0 aromatic heterocycles. The second-order valence-corrected chi connectivity index (χ2v) is 7.98. The fourth-order valence-electron chi connectivity index (χ4n) is 3.04. The van der Waals surface area contributed by atoms with Crippen molar-refractivity contribution in [1.82, 2.24) is 5.32 Å². The topological polar surface area (TPSA) is 76.7 Å². The third-order valence-electron chi connectivity index (χ3n) is 4.77. The molecule has 1 unspecified atom stereocenters. The molecule has 0 aliphatic rings. The summed E-state index contributed by atoms with van der Waals surface area (Å²) in [6.45, 7) is 2.82. The number of rotatable bonds is 9. The van der Waals surface area contributed by atoms with Crippen LogP contribution >= 0.6 is 15.9 Å². The minimum atomic E-state index is -0.288.